The summed E-state index contributed by atoms with van der Waals surface area (Å²) in [5, 5.41) is 5.47. The molecule has 0 bridgehead atoms. The second-order valence-corrected chi connectivity index (χ2v) is 6.89. The first kappa shape index (κ1) is 18.2. The molecule has 2 aromatic rings. The lowest BCUT2D eigenvalue weighted by Crippen LogP contribution is -2.21. The normalized spacial score (nSPS) is 10.5. The Bertz CT molecular complexity index is 740. The molecule has 0 unspecified atom stereocenters. The number of carbonyl (C=O) groups excluding carboxylic acids is 2. The molecule has 0 aliphatic carbocycles. The van der Waals surface area contributed by atoms with Gasteiger partial charge in [0, 0.05) is 10.2 Å². The van der Waals surface area contributed by atoms with Crippen LogP contribution in [0.3, 0.4) is 0 Å². The molecule has 0 spiro atoms. The summed E-state index contributed by atoms with van der Waals surface area (Å²) < 4.78 is 0.792. The van der Waals surface area contributed by atoms with Gasteiger partial charge in [0.25, 0.3) is 0 Å². The average Bonchev–Trinajstić information content (AvgIpc) is 2.50. The first-order valence-electron chi connectivity index (χ1n) is 7.81. The quantitative estimate of drug-likeness (QED) is 0.719. The minimum Gasteiger partial charge on any atom is -0.326 e. The van der Waals surface area contributed by atoms with Crippen LogP contribution in [0.2, 0.25) is 0 Å². The fraction of sp³-hybridized carbons (Fsp3) is 0.263. The number of rotatable bonds is 5. The van der Waals surface area contributed by atoms with Gasteiger partial charge in [-0.1, -0.05) is 32.0 Å². The summed E-state index contributed by atoms with van der Waals surface area (Å²) in [4.78, 5) is 24.0. The van der Waals surface area contributed by atoms with Crippen LogP contribution in [-0.4, -0.2) is 11.8 Å². The third-order valence-electron chi connectivity index (χ3n) is 3.58. The van der Waals surface area contributed by atoms with Gasteiger partial charge in [0.15, 0.2) is 0 Å². The molecule has 0 saturated heterocycles. The van der Waals surface area contributed by atoms with Crippen LogP contribution in [0.25, 0.3) is 0 Å². The number of nitrogens with one attached hydrogen (secondary N) is 2. The summed E-state index contributed by atoms with van der Waals surface area (Å²) in [5.74, 6) is -0.252. The molecule has 0 atom stereocenters. The van der Waals surface area contributed by atoms with E-state index in [0.717, 1.165) is 10.0 Å². The number of anilines is 2. The number of halogens is 1. The van der Waals surface area contributed by atoms with Crippen molar-refractivity contribution in [2.45, 2.75) is 33.1 Å². The van der Waals surface area contributed by atoms with Crippen LogP contribution in [0.15, 0.2) is 46.9 Å². The minimum absolute atomic E-state index is 0.230. The highest BCUT2D eigenvalue weighted by molar-refractivity contribution is 9.10. The molecule has 0 fully saturated rings. The molecular weight excluding hydrogens is 368 g/mol. The Labute approximate surface area is 150 Å². The second kappa shape index (κ2) is 8.11. The van der Waals surface area contributed by atoms with E-state index >= 15 is 0 Å². The van der Waals surface area contributed by atoms with Gasteiger partial charge in [-0.25, -0.2) is 0 Å². The number of amides is 2. The Balaban J connectivity index is 1.90. The van der Waals surface area contributed by atoms with Crippen LogP contribution in [0.5, 0.6) is 0 Å². The van der Waals surface area contributed by atoms with Crippen LogP contribution in [0.4, 0.5) is 11.4 Å². The maximum atomic E-state index is 12.0. The Kier molecular flexibility index (Phi) is 6.15. The third kappa shape index (κ3) is 5.20. The Morgan fingerprint density at radius 1 is 1.00 bits per heavy atom. The molecule has 2 N–H and O–H groups in total. The highest BCUT2D eigenvalue weighted by Crippen LogP contribution is 2.23. The molecule has 2 rings (SSSR count). The topological polar surface area (TPSA) is 58.2 Å². The van der Waals surface area contributed by atoms with E-state index in [1.54, 1.807) is 6.07 Å². The molecule has 0 heterocycles. The van der Waals surface area contributed by atoms with Crippen LogP contribution in [0.1, 0.15) is 37.3 Å². The van der Waals surface area contributed by atoms with Gasteiger partial charge in [0.1, 0.15) is 6.42 Å². The summed E-state index contributed by atoms with van der Waals surface area (Å²) in [6.07, 6.45) is -0.230. The molecule has 5 heteroatoms. The van der Waals surface area contributed by atoms with Gasteiger partial charge in [0.2, 0.25) is 11.8 Å². The summed E-state index contributed by atoms with van der Waals surface area (Å²) in [6, 6.07) is 13.3. The molecule has 0 aliphatic rings. The highest BCUT2D eigenvalue weighted by Gasteiger charge is 2.11. The summed E-state index contributed by atoms with van der Waals surface area (Å²) in [7, 11) is 0. The molecule has 0 aromatic heterocycles. The average molecular weight is 389 g/mol. The van der Waals surface area contributed by atoms with Gasteiger partial charge in [-0.2, -0.15) is 0 Å². The van der Waals surface area contributed by atoms with Crippen molar-refractivity contribution >= 4 is 39.1 Å². The maximum absolute atomic E-state index is 12.0. The third-order valence-corrected chi connectivity index (χ3v) is 4.24. The van der Waals surface area contributed by atoms with E-state index in [1.165, 1.54) is 5.56 Å². The SMILES string of the molecule is Cc1ccc(NC(=O)CC(=O)Nc2ccc(C(C)C)cc2)c(Br)c1. The molecular formula is C19H21BrN2O2. The smallest absolute Gasteiger partial charge is 0.233 e. The second-order valence-electron chi connectivity index (χ2n) is 6.03. The fourth-order valence-electron chi connectivity index (χ4n) is 2.22. The van der Waals surface area contributed by atoms with E-state index in [2.05, 4.69) is 40.4 Å². The molecule has 0 aliphatic heterocycles. The van der Waals surface area contributed by atoms with Crippen molar-refractivity contribution in [3.05, 3.63) is 58.1 Å². The van der Waals surface area contributed by atoms with Gasteiger partial charge in [0.05, 0.1) is 5.69 Å². The van der Waals surface area contributed by atoms with Crippen LogP contribution in [-0.2, 0) is 9.59 Å². The molecule has 4 nitrogen and oxygen atoms in total. The van der Waals surface area contributed by atoms with Crippen molar-refractivity contribution < 1.29 is 9.59 Å². The summed E-state index contributed by atoms with van der Waals surface area (Å²) in [6.45, 7) is 6.19. The molecule has 24 heavy (non-hydrogen) atoms. The van der Waals surface area contributed by atoms with Crippen molar-refractivity contribution in [1.29, 1.82) is 0 Å². The van der Waals surface area contributed by atoms with Gasteiger partial charge in [-0.05, 0) is 64.2 Å². The minimum atomic E-state index is -0.351. The number of aryl methyl sites for hydroxylation is 1. The summed E-state index contributed by atoms with van der Waals surface area (Å²) in [5.41, 5.74) is 3.63. The number of benzene rings is 2. The van der Waals surface area contributed by atoms with E-state index in [1.807, 2.05) is 43.3 Å². The largest absolute Gasteiger partial charge is 0.326 e. The number of hydrogen-bond acceptors (Lipinski definition) is 2. The van der Waals surface area contributed by atoms with Crippen LogP contribution < -0.4 is 10.6 Å². The van der Waals surface area contributed by atoms with E-state index in [0.29, 0.717) is 17.3 Å². The van der Waals surface area contributed by atoms with Crippen molar-refractivity contribution in [1.82, 2.24) is 0 Å². The Morgan fingerprint density at radius 3 is 2.21 bits per heavy atom. The first-order valence-corrected chi connectivity index (χ1v) is 8.60. The lowest BCUT2D eigenvalue weighted by Gasteiger charge is -2.10. The summed E-state index contributed by atoms with van der Waals surface area (Å²) >= 11 is 3.40. The standard InChI is InChI=1S/C19H21BrN2O2/c1-12(2)14-5-7-15(8-6-14)21-18(23)11-19(24)22-17-9-4-13(3)10-16(17)20/h4-10,12H,11H2,1-3H3,(H,21,23)(H,22,24). The van der Waals surface area contributed by atoms with Crippen LogP contribution in [0, 0.1) is 6.92 Å². The van der Waals surface area contributed by atoms with Gasteiger partial charge in [-0.3, -0.25) is 9.59 Å². The zero-order valence-electron chi connectivity index (χ0n) is 14.0. The predicted molar refractivity (Wildman–Crippen MR) is 101 cm³/mol. The number of carbonyl (C=O) groups is 2. The Morgan fingerprint density at radius 2 is 1.62 bits per heavy atom. The fourth-order valence-corrected chi connectivity index (χ4v) is 2.81. The molecule has 126 valence electrons. The van der Waals surface area contributed by atoms with Crippen molar-refractivity contribution in [3.63, 3.8) is 0 Å². The van der Waals surface area contributed by atoms with Crippen molar-refractivity contribution in [3.8, 4) is 0 Å². The van der Waals surface area contributed by atoms with E-state index in [-0.39, 0.29) is 18.2 Å². The van der Waals surface area contributed by atoms with E-state index in [4.69, 9.17) is 0 Å². The maximum Gasteiger partial charge on any atom is 0.233 e. The molecule has 2 amide bonds. The first-order chi connectivity index (χ1) is 11.3. The van der Waals surface area contributed by atoms with E-state index < -0.39 is 0 Å². The lowest BCUT2D eigenvalue weighted by molar-refractivity contribution is -0.123. The van der Waals surface area contributed by atoms with Gasteiger partial charge in [-0.15, -0.1) is 0 Å². The number of hydrogen-bond donors (Lipinski definition) is 2. The predicted octanol–water partition coefficient (Wildman–Crippen LogP) is 4.85. The Hall–Kier alpha value is -2.14. The van der Waals surface area contributed by atoms with Crippen molar-refractivity contribution in [2.24, 2.45) is 0 Å². The zero-order valence-corrected chi connectivity index (χ0v) is 15.6. The molecule has 2 aromatic carbocycles. The van der Waals surface area contributed by atoms with Gasteiger partial charge >= 0.3 is 0 Å². The highest BCUT2D eigenvalue weighted by atomic mass is 79.9. The van der Waals surface area contributed by atoms with E-state index in [9.17, 15) is 9.59 Å². The van der Waals surface area contributed by atoms with Gasteiger partial charge < -0.3 is 10.6 Å². The van der Waals surface area contributed by atoms with Crippen LogP contribution >= 0.6 is 15.9 Å². The lowest BCUT2D eigenvalue weighted by atomic mass is 10.0. The molecule has 0 saturated carbocycles. The monoisotopic (exact) mass is 388 g/mol. The van der Waals surface area contributed by atoms with Crippen molar-refractivity contribution in [2.75, 3.05) is 10.6 Å². The zero-order chi connectivity index (χ0) is 17.7. The molecule has 0 radical (unpaired) electrons.